The summed E-state index contributed by atoms with van der Waals surface area (Å²) < 4.78 is 13.5. The van der Waals surface area contributed by atoms with Crippen LogP contribution in [0.25, 0.3) is 5.57 Å². The lowest BCUT2D eigenvalue weighted by Crippen LogP contribution is -2.03. The predicted octanol–water partition coefficient (Wildman–Crippen LogP) is 3.62. The summed E-state index contributed by atoms with van der Waals surface area (Å²) in [4.78, 5) is 11.2. The number of carbonyl (C=O) groups is 1. The minimum Gasteiger partial charge on any atom is -0.295 e. The number of hydrogen-bond donors (Lipinski definition) is 0. The van der Waals surface area contributed by atoms with Gasteiger partial charge in [-0.25, -0.2) is 4.39 Å². The molecule has 0 aliphatic heterocycles. The maximum Gasteiger partial charge on any atom is 0.155 e. The summed E-state index contributed by atoms with van der Waals surface area (Å²) in [7, 11) is 0. The molecule has 1 aromatic rings. The van der Waals surface area contributed by atoms with E-state index in [2.05, 4.69) is 0 Å². The lowest BCUT2D eigenvalue weighted by atomic mass is 9.93. The first-order valence-corrected chi connectivity index (χ1v) is 5.23. The van der Waals surface area contributed by atoms with Crippen LogP contribution >= 0.6 is 11.6 Å². The fourth-order valence-corrected chi connectivity index (χ4v) is 1.91. The number of halogens is 2. The smallest absolute Gasteiger partial charge is 0.155 e. The van der Waals surface area contributed by atoms with Gasteiger partial charge in [0.05, 0.1) is 0 Å². The van der Waals surface area contributed by atoms with Crippen LogP contribution < -0.4 is 0 Å². The molecule has 3 heteroatoms. The van der Waals surface area contributed by atoms with Crippen molar-refractivity contribution >= 4 is 23.0 Å². The molecule has 0 spiro atoms. The van der Waals surface area contributed by atoms with Crippen molar-refractivity contribution in [3.63, 3.8) is 0 Å². The summed E-state index contributed by atoms with van der Waals surface area (Å²) in [5, 5.41) is 0.374. The predicted molar refractivity (Wildman–Crippen MR) is 58.2 cm³/mol. The second-order valence-corrected chi connectivity index (χ2v) is 4.05. The SMILES string of the molecule is O=C1C=C(c2ccc(Cl)cc2F)CCC1. The highest BCUT2D eigenvalue weighted by Gasteiger charge is 2.14. The van der Waals surface area contributed by atoms with Crippen LogP contribution in [-0.4, -0.2) is 5.78 Å². The molecule has 0 N–H and O–H groups in total. The number of carbonyl (C=O) groups excluding carboxylic acids is 1. The van der Waals surface area contributed by atoms with E-state index < -0.39 is 0 Å². The number of ketones is 1. The van der Waals surface area contributed by atoms with Crippen molar-refractivity contribution in [2.24, 2.45) is 0 Å². The summed E-state index contributed by atoms with van der Waals surface area (Å²) in [5.74, 6) is -0.283. The van der Waals surface area contributed by atoms with Crippen LogP contribution in [0.1, 0.15) is 24.8 Å². The maximum atomic E-state index is 13.5. The van der Waals surface area contributed by atoms with Gasteiger partial charge in [-0.15, -0.1) is 0 Å². The zero-order chi connectivity index (χ0) is 10.8. The first-order valence-electron chi connectivity index (χ1n) is 4.85. The third kappa shape index (κ3) is 2.26. The topological polar surface area (TPSA) is 17.1 Å². The lowest BCUT2D eigenvalue weighted by molar-refractivity contribution is -0.114. The fourth-order valence-electron chi connectivity index (χ4n) is 1.75. The van der Waals surface area contributed by atoms with Gasteiger partial charge in [0.15, 0.2) is 5.78 Å². The maximum absolute atomic E-state index is 13.5. The van der Waals surface area contributed by atoms with Gasteiger partial charge in [-0.05, 0) is 36.6 Å². The van der Waals surface area contributed by atoms with Gasteiger partial charge < -0.3 is 0 Å². The van der Waals surface area contributed by atoms with Crippen LogP contribution in [0.5, 0.6) is 0 Å². The van der Waals surface area contributed by atoms with Crippen LogP contribution in [0.3, 0.4) is 0 Å². The Kier molecular flexibility index (Phi) is 2.87. The van der Waals surface area contributed by atoms with Crippen molar-refractivity contribution in [1.82, 2.24) is 0 Å². The molecule has 0 atom stereocenters. The Morgan fingerprint density at radius 1 is 1.27 bits per heavy atom. The zero-order valence-electron chi connectivity index (χ0n) is 8.09. The van der Waals surface area contributed by atoms with Gasteiger partial charge in [0, 0.05) is 17.0 Å². The Balaban J connectivity index is 2.41. The van der Waals surface area contributed by atoms with Crippen LogP contribution in [0, 0.1) is 5.82 Å². The van der Waals surface area contributed by atoms with Gasteiger partial charge >= 0.3 is 0 Å². The highest BCUT2D eigenvalue weighted by atomic mass is 35.5. The third-order valence-electron chi connectivity index (χ3n) is 2.48. The highest BCUT2D eigenvalue weighted by Crippen LogP contribution is 2.28. The van der Waals surface area contributed by atoms with Gasteiger partial charge in [-0.3, -0.25) is 4.79 Å². The van der Waals surface area contributed by atoms with Gasteiger partial charge in [0.1, 0.15) is 5.82 Å². The van der Waals surface area contributed by atoms with E-state index in [9.17, 15) is 9.18 Å². The van der Waals surface area contributed by atoms with E-state index in [1.807, 2.05) is 0 Å². The second-order valence-electron chi connectivity index (χ2n) is 3.61. The average Bonchev–Trinajstić information content (AvgIpc) is 2.17. The monoisotopic (exact) mass is 224 g/mol. The molecule has 2 rings (SSSR count). The number of rotatable bonds is 1. The van der Waals surface area contributed by atoms with E-state index in [1.54, 1.807) is 12.1 Å². The van der Waals surface area contributed by atoms with Crippen LogP contribution in [0.4, 0.5) is 4.39 Å². The van der Waals surface area contributed by atoms with Crippen molar-refractivity contribution in [2.75, 3.05) is 0 Å². The lowest BCUT2D eigenvalue weighted by Gasteiger charge is -2.12. The van der Waals surface area contributed by atoms with Crippen LogP contribution in [-0.2, 0) is 4.79 Å². The van der Waals surface area contributed by atoms with Gasteiger partial charge in [-0.1, -0.05) is 17.7 Å². The molecule has 1 aliphatic carbocycles. The molecule has 0 bridgehead atoms. The van der Waals surface area contributed by atoms with Crippen molar-refractivity contribution in [3.8, 4) is 0 Å². The minimum atomic E-state index is -0.358. The second kappa shape index (κ2) is 4.15. The standard InChI is InChI=1S/C12H10ClFO/c13-9-4-5-11(12(14)7-9)8-2-1-3-10(15)6-8/h4-7H,1-3H2. The molecular formula is C12H10ClFO. The summed E-state index contributed by atoms with van der Waals surface area (Å²) in [6.07, 6.45) is 3.66. The molecule has 0 radical (unpaired) electrons. The summed E-state index contributed by atoms with van der Waals surface area (Å²) in [6.45, 7) is 0. The molecular weight excluding hydrogens is 215 g/mol. The molecule has 15 heavy (non-hydrogen) atoms. The number of hydrogen-bond acceptors (Lipinski definition) is 1. The summed E-state index contributed by atoms with van der Waals surface area (Å²) >= 11 is 5.66. The molecule has 0 amide bonds. The molecule has 0 saturated carbocycles. The van der Waals surface area contributed by atoms with E-state index in [-0.39, 0.29) is 11.6 Å². The number of allylic oxidation sites excluding steroid dienone is 2. The largest absolute Gasteiger partial charge is 0.295 e. The molecule has 0 unspecified atom stereocenters. The number of benzene rings is 1. The molecule has 78 valence electrons. The van der Waals surface area contributed by atoms with Crippen molar-refractivity contribution < 1.29 is 9.18 Å². The molecule has 0 saturated heterocycles. The van der Waals surface area contributed by atoms with E-state index in [4.69, 9.17) is 11.6 Å². The first-order chi connectivity index (χ1) is 7.16. The molecule has 0 heterocycles. The van der Waals surface area contributed by atoms with Gasteiger partial charge in [0.25, 0.3) is 0 Å². The Bertz CT molecular complexity index is 437. The third-order valence-corrected chi connectivity index (χ3v) is 2.72. The van der Waals surface area contributed by atoms with Crippen LogP contribution in [0.2, 0.25) is 5.02 Å². The van der Waals surface area contributed by atoms with Gasteiger partial charge in [-0.2, -0.15) is 0 Å². The van der Waals surface area contributed by atoms with Crippen molar-refractivity contribution in [2.45, 2.75) is 19.3 Å². The molecule has 0 fully saturated rings. The quantitative estimate of drug-likeness (QED) is 0.712. The molecule has 0 aromatic heterocycles. The highest BCUT2D eigenvalue weighted by molar-refractivity contribution is 6.30. The van der Waals surface area contributed by atoms with Crippen molar-refractivity contribution in [3.05, 3.63) is 40.7 Å². The first kappa shape index (κ1) is 10.4. The Labute approximate surface area is 92.6 Å². The van der Waals surface area contributed by atoms with Gasteiger partial charge in [0.2, 0.25) is 0 Å². The zero-order valence-corrected chi connectivity index (χ0v) is 8.85. The summed E-state index contributed by atoms with van der Waals surface area (Å²) in [5.41, 5.74) is 1.27. The minimum absolute atomic E-state index is 0.0746. The molecule has 1 aromatic carbocycles. The Hall–Kier alpha value is -1.15. The van der Waals surface area contributed by atoms with E-state index in [0.717, 1.165) is 18.4 Å². The molecule has 1 nitrogen and oxygen atoms in total. The summed E-state index contributed by atoms with van der Waals surface area (Å²) in [6, 6.07) is 4.54. The average molecular weight is 225 g/mol. The Morgan fingerprint density at radius 3 is 2.73 bits per heavy atom. The van der Waals surface area contributed by atoms with Crippen LogP contribution in [0.15, 0.2) is 24.3 Å². The van der Waals surface area contributed by atoms with E-state index >= 15 is 0 Å². The van der Waals surface area contributed by atoms with E-state index in [1.165, 1.54) is 12.1 Å². The normalized spacial score (nSPS) is 16.4. The van der Waals surface area contributed by atoms with Crippen molar-refractivity contribution in [1.29, 1.82) is 0 Å². The Morgan fingerprint density at radius 2 is 2.07 bits per heavy atom. The van der Waals surface area contributed by atoms with E-state index in [0.29, 0.717) is 17.0 Å². The molecule has 1 aliphatic rings. The fraction of sp³-hybridized carbons (Fsp3) is 0.250.